The number of benzene rings is 1. The highest BCUT2D eigenvalue weighted by molar-refractivity contribution is 5.74. The Bertz CT molecular complexity index is 287. The summed E-state index contributed by atoms with van der Waals surface area (Å²) in [6.07, 6.45) is 0. The Hall–Kier alpha value is -1.55. The normalized spacial score (nSPS) is 9.67. The van der Waals surface area contributed by atoms with E-state index in [1.165, 1.54) is 0 Å². The number of rotatable bonds is 6. The lowest BCUT2D eigenvalue weighted by Gasteiger charge is -2.06. The van der Waals surface area contributed by atoms with E-state index in [-0.39, 0.29) is 12.5 Å². The van der Waals surface area contributed by atoms with E-state index in [1.807, 2.05) is 30.3 Å². The summed E-state index contributed by atoms with van der Waals surface area (Å²) in [7, 11) is 1.57. The van der Waals surface area contributed by atoms with Gasteiger partial charge in [0.25, 0.3) is 0 Å². The fraction of sp³-hybridized carbons (Fsp3) is 0.364. The van der Waals surface area contributed by atoms with Crippen molar-refractivity contribution in [3.8, 4) is 0 Å². The largest absolute Gasteiger partial charge is 0.462 e. The van der Waals surface area contributed by atoms with Crippen LogP contribution in [0.5, 0.6) is 0 Å². The molecule has 0 aromatic heterocycles. The van der Waals surface area contributed by atoms with E-state index in [0.29, 0.717) is 13.2 Å². The van der Waals surface area contributed by atoms with E-state index in [4.69, 9.17) is 9.47 Å². The van der Waals surface area contributed by atoms with Gasteiger partial charge in [0.1, 0.15) is 13.2 Å². The molecule has 0 saturated heterocycles. The van der Waals surface area contributed by atoms with Crippen molar-refractivity contribution in [2.75, 3.05) is 32.2 Å². The van der Waals surface area contributed by atoms with Crippen molar-refractivity contribution in [3.63, 3.8) is 0 Å². The monoisotopic (exact) mass is 209 g/mol. The zero-order valence-electron chi connectivity index (χ0n) is 8.73. The first-order valence-electron chi connectivity index (χ1n) is 4.76. The minimum atomic E-state index is -0.282. The second-order valence-corrected chi connectivity index (χ2v) is 2.93. The third-order valence-electron chi connectivity index (χ3n) is 1.76. The van der Waals surface area contributed by atoms with Crippen LogP contribution in [0.25, 0.3) is 0 Å². The van der Waals surface area contributed by atoms with Crippen LogP contribution in [0.4, 0.5) is 5.69 Å². The molecule has 0 aliphatic rings. The van der Waals surface area contributed by atoms with Crippen molar-refractivity contribution in [2.45, 2.75) is 0 Å². The predicted molar refractivity (Wildman–Crippen MR) is 57.8 cm³/mol. The smallest absolute Gasteiger partial charge is 0.325 e. The van der Waals surface area contributed by atoms with Crippen LogP contribution in [0, 0.1) is 0 Å². The number of hydrogen-bond donors (Lipinski definition) is 1. The van der Waals surface area contributed by atoms with E-state index in [0.717, 1.165) is 5.69 Å². The maximum absolute atomic E-state index is 11.2. The summed E-state index contributed by atoms with van der Waals surface area (Å²) in [4.78, 5) is 11.2. The van der Waals surface area contributed by atoms with Gasteiger partial charge in [0, 0.05) is 12.8 Å². The van der Waals surface area contributed by atoms with E-state index < -0.39 is 0 Å². The molecule has 0 spiro atoms. The maximum Gasteiger partial charge on any atom is 0.325 e. The quantitative estimate of drug-likeness (QED) is 0.566. The Morgan fingerprint density at radius 2 is 2.00 bits per heavy atom. The van der Waals surface area contributed by atoms with Crippen molar-refractivity contribution >= 4 is 11.7 Å². The summed E-state index contributed by atoms with van der Waals surface area (Å²) in [5, 5.41) is 2.96. The molecule has 1 N–H and O–H groups in total. The zero-order valence-corrected chi connectivity index (χ0v) is 8.73. The molecule has 0 saturated carbocycles. The minimum Gasteiger partial charge on any atom is -0.462 e. The van der Waals surface area contributed by atoms with Gasteiger partial charge in [0.15, 0.2) is 0 Å². The molecule has 0 atom stereocenters. The summed E-state index contributed by atoms with van der Waals surface area (Å²) in [6.45, 7) is 0.899. The maximum atomic E-state index is 11.2. The van der Waals surface area contributed by atoms with Crippen molar-refractivity contribution in [3.05, 3.63) is 30.3 Å². The number of carbonyl (C=O) groups excluding carboxylic acids is 1. The van der Waals surface area contributed by atoms with Crippen LogP contribution in [-0.2, 0) is 14.3 Å². The average Bonchev–Trinajstić information content (AvgIpc) is 2.28. The molecule has 0 heterocycles. The Balaban J connectivity index is 2.17. The van der Waals surface area contributed by atoms with Crippen molar-refractivity contribution < 1.29 is 14.3 Å². The van der Waals surface area contributed by atoms with Crippen LogP contribution in [0.2, 0.25) is 0 Å². The molecule has 82 valence electrons. The highest BCUT2D eigenvalue weighted by Crippen LogP contribution is 2.03. The summed E-state index contributed by atoms with van der Waals surface area (Å²) >= 11 is 0. The topological polar surface area (TPSA) is 47.6 Å². The molecular formula is C11H15NO3. The number of hydrogen-bond acceptors (Lipinski definition) is 4. The predicted octanol–water partition coefficient (Wildman–Crippen LogP) is 1.29. The number of ether oxygens (including phenoxy) is 2. The molecule has 4 heteroatoms. The summed E-state index contributed by atoms with van der Waals surface area (Å²) < 4.78 is 9.64. The Labute approximate surface area is 89.2 Å². The molecule has 1 aromatic carbocycles. The van der Waals surface area contributed by atoms with E-state index in [2.05, 4.69) is 5.32 Å². The Morgan fingerprint density at radius 1 is 1.27 bits per heavy atom. The lowest BCUT2D eigenvalue weighted by molar-refractivity contribution is -0.142. The average molecular weight is 209 g/mol. The summed E-state index contributed by atoms with van der Waals surface area (Å²) in [6, 6.07) is 9.50. The van der Waals surface area contributed by atoms with Gasteiger partial charge in [-0.15, -0.1) is 0 Å². The second-order valence-electron chi connectivity index (χ2n) is 2.93. The summed E-state index contributed by atoms with van der Waals surface area (Å²) in [5.41, 5.74) is 0.904. The van der Waals surface area contributed by atoms with Crippen LogP contribution in [0.15, 0.2) is 30.3 Å². The first-order valence-corrected chi connectivity index (χ1v) is 4.76. The molecule has 0 unspecified atom stereocenters. The molecule has 0 aliphatic carbocycles. The number of esters is 1. The third kappa shape index (κ3) is 5.02. The zero-order chi connectivity index (χ0) is 10.9. The van der Waals surface area contributed by atoms with Gasteiger partial charge < -0.3 is 14.8 Å². The van der Waals surface area contributed by atoms with Gasteiger partial charge in [-0.1, -0.05) is 18.2 Å². The Kier molecular flexibility index (Phi) is 5.25. The fourth-order valence-corrected chi connectivity index (χ4v) is 1.02. The molecule has 0 bridgehead atoms. The van der Waals surface area contributed by atoms with Gasteiger partial charge in [-0.25, -0.2) is 0 Å². The lowest BCUT2D eigenvalue weighted by atomic mass is 10.3. The van der Waals surface area contributed by atoms with Gasteiger partial charge >= 0.3 is 5.97 Å². The highest BCUT2D eigenvalue weighted by Gasteiger charge is 2.01. The van der Waals surface area contributed by atoms with Crippen LogP contribution < -0.4 is 5.32 Å². The molecule has 1 rings (SSSR count). The molecule has 0 radical (unpaired) electrons. The second kappa shape index (κ2) is 6.84. The van der Waals surface area contributed by atoms with Gasteiger partial charge in [0.05, 0.1) is 6.61 Å². The number of nitrogens with one attached hydrogen (secondary N) is 1. The fourth-order valence-electron chi connectivity index (χ4n) is 1.02. The van der Waals surface area contributed by atoms with Crippen molar-refractivity contribution in [2.24, 2.45) is 0 Å². The number of para-hydroxylation sites is 1. The van der Waals surface area contributed by atoms with Crippen LogP contribution in [-0.4, -0.2) is 32.8 Å². The van der Waals surface area contributed by atoms with Crippen LogP contribution in [0.3, 0.4) is 0 Å². The van der Waals surface area contributed by atoms with Crippen molar-refractivity contribution in [1.29, 1.82) is 0 Å². The highest BCUT2D eigenvalue weighted by atomic mass is 16.6. The first kappa shape index (κ1) is 11.5. The van der Waals surface area contributed by atoms with Crippen LogP contribution in [0.1, 0.15) is 0 Å². The molecule has 1 aromatic rings. The molecule has 4 nitrogen and oxygen atoms in total. The molecular weight excluding hydrogens is 194 g/mol. The van der Waals surface area contributed by atoms with Gasteiger partial charge in [-0.05, 0) is 12.1 Å². The molecule has 15 heavy (non-hydrogen) atoms. The molecule has 0 aliphatic heterocycles. The van der Waals surface area contributed by atoms with Gasteiger partial charge in [-0.3, -0.25) is 4.79 Å². The van der Waals surface area contributed by atoms with Gasteiger partial charge in [0.2, 0.25) is 0 Å². The van der Waals surface area contributed by atoms with E-state index in [9.17, 15) is 4.79 Å². The SMILES string of the molecule is COCCOC(=O)CNc1ccccc1. The van der Waals surface area contributed by atoms with Crippen LogP contribution >= 0.6 is 0 Å². The number of methoxy groups -OCH3 is 1. The molecule has 0 amide bonds. The number of carbonyl (C=O) groups is 1. The first-order chi connectivity index (χ1) is 7.33. The summed E-state index contributed by atoms with van der Waals surface area (Å²) in [5.74, 6) is -0.282. The Morgan fingerprint density at radius 3 is 2.67 bits per heavy atom. The third-order valence-corrected chi connectivity index (χ3v) is 1.76. The van der Waals surface area contributed by atoms with Gasteiger partial charge in [-0.2, -0.15) is 0 Å². The minimum absolute atomic E-state index is 0.174. The lowest BCUT2D eigenvalue weighted by Crippen LogP contribution is -2.18. The van der Waals surface area contributed by atoms with E-state index in [1.54, 1.807) is 7.11 Å². The van der Waals surface area contributed by atoms with E-state index >= 15 is 0 Å². The van der Waals surface area contributed by atoms with Crippen molar-refractivity contribution in [1.82, 2.24) is 0 Å². The standard InChI is InChI=1S/C11H15NO3/c1-14-7-8-15-11(13)9-12-10-5-3-2-4-6-10/h2-6,12H,7-9H2,1H3. The molecule has 0 fully saturated rings. The number of anilines is 1.